The normalized spacial score (nSPS) is 19.3. The minimum absolute atomic E-state index is 0.150. The predicted octanol–water partition coefficient (Wildman–Crippen LogP) is 2.45. The average molecular weight is 620 g/mol. The maximum absolute atomic E-state index is 13.7. The van der Waals surface area contributed by atoms with Crippen molar-refractivity contribution in [1.29, 1.82) is 0 Å². The zero-order valence-electron chi connectivity index (χ0n) is 26.1. The van der Waals surface area contributed by atoms with E-state index in [1.54, 1.807) is 16.2 Å². The molecule has 2 aliphatic rings. The fraction of sp³-hybridized carbons (Fsp3) is 0.677. The summed E-state index contributed by atoms with van der Waals surface area (Å²) in [4.78, 5) is 46.8. The molecule has 4 N–H and O–H groups in total. The molecule has 12 heteroatoms. The topological polar surface area (TPSA) is 145 Å². The van der Waals surface area contributed by atoms with E-state index in [9.17, 15) is 14.4 Å². The number of likely N-dealkylation sites (tertiary alicyclic amines) is 1. The van der Waals surface area contributed by atoms with E-state index in [4.69, 9.17) is 19.9 Å². The molecule has 240 valence electrons. The van der Waals surface area contributed by atoms with Crippen LogP contribution in [0.5, 0.6) is 0 Å². The third-order valence-corrected chi connectivity index (χ3v) is 8.41. The smallest absolute Gasteiger partial charge is 0.246 e. The molecule has 11 nitrogen and oxygen atoms in total. The second-order valence-electron chi connectivity index (χ2n) is 12.0. The molecule has 0 radical (unpaired) electrons. The second-order valence-corrected chi connectivity index (χ2v) is 12.9. The van der Waals surface area contributed by atoms with Gasteiger partial charge >= 0.3 is 0 Å². The second kappa shape index (κ2) is 17.6. The van der Waals surface area contributed by atoms with Gasteiger partial charge in [0.05, 0.1) is 35.9 Å². The van der Waals surface area contributed by atoms with E-state index in [2.05, 4.69) is 33.8 Å². The Bertz CT molecular complexity index is 1110. The molecular weight excluding hydrogens is 570 g/mol. The van der Waals surface area contributed by atoms with Gasteiger partial charge in [0.1, 0.15) is 18.7 Å². The summed E-state index contributed by atoms with van der Waals surface area (Å²) in [6, 6.07) is -1.33. The van der Waals surface area contributed by atoms with Gasteiger partial charge in [-0.3, -0.25) is 14.4 Å². The van der Waals surface area contributed by atoms with Crippen LogP contribution in [0, 0.1) is 18.3 Å². The van der Waals surface area contributed by atoms with Crippen molar-refractivity contribution in [2.24, 2.45) is 17.1 Å². The molecule has 1 saturated heterocycles. The first kappa shape index (κ1) is 34.8. The molecule has 3 rings (SSSR count). The van der Waals surface area contributed by atoms with Crippen LogP contribution in [0.3, 0.4) is 0 Å². The quantitative estimate of drug-likeness (QED) is 0.226. The first-order chi connectivity index (χ1) is 20.6. The molecule has 2 heterocycles. The van der Waals surface area contributed by atoms with Gasteiger partial charge in [-0.15, -0.1) is 11.3 Å². The molecule has 3 amide bonds. The van der Waals surface area contributed by atoms with Gasteiger partial charge in [0, 0.05) is 32.8 Å². The van der Waals surface area contributed by atoms with Crippen molar-refractivity contribution in [2.75, 3.05) is 59.3 Å². The minimum atomic E-state index is -0.783. The number of hydrogen-bond acceptors (Lipinski definition) is 9. The number of nitrogens with zero attached hydrogens (tertiary/aromatic N) is 2. The monoisotopic (exact) mass is 619 g/mol. The van der Waals surface area contributed by atoms with Gasteiger partial charge in [-0.05, 0) is 49.5 Å². The molecule has 1 aliphatic carbocycles. The molecule has 0 spiro atoms. The van der Waals surface area contributed by atoms with Gasteiger partial charge in [-0.25, -0.2) is 4.98 Å². The van der Waals surface area contributed by atoms with E-state index in [0.29, 0.717) is 65.5 Å². The highest BCUT2D eigenvalue weighted by Crippen LogP contribution is 2.29. The Morgan fingerprint density at radius 2 is 1.88 bits per heavy atom. The maximum atomic E-state index is 13.7. The Labute approximate surface area is 259 Å². The fourth-order valence-electron chi connectivity index (χ4n) is 5.07. The summed E-state index contributed by atoms with van der Waals surface area (Å²) in [6.45, 7) is 11.4. The summed E-state index contributed by atoms with van der Waals surface area (Å²) in [6.07, 6.45) is 9.22. The van der Waals surface area contributed by atoms with Crippen LogP contribution in [0.15, 0.2) is 23.7 Å². The Balaban J connectivity index is 1.43. The first-order valence-corrected chi connectivity index (χ1v) is 16.1. The number of hydrogen-bond donors (Lipinski definition) is 3. The SMILES string of the molecule is Cc1ncsc1C1=CCC(CNC(=O)C2CCCN2C(=O)C(NC(=O)COCCCOCCOCCN)C(C)(C)C)C=C1. The predicted molar refractivity (Wildman–Crippen MR) is 167 cm³/mol. The summed E-state index contributed by atoms with van der Waals surface area (Å²) in [7, 11) is 0. The molecule has 1 aromatic rings. The number of carbonyl (C=O) groups is 3. The van der Waals surface area contributed by atoms with Crippen molar-refractivity contribution in [3.63, 3.8) is 0 Å². The van der Waals surface area contributed by atoms with Crippen LogP contribution in [-0.4, -0.2) is 99.0 Å². The molecule has 43 heavy (non-hydrogen) atoms. The van der Waals surface area contributed by atoms with E-state index in [1.807, 2.05) is 33.2 Å². The average Bonchev–Trinajstić information content (AvgIpc) is 3.64. The molecule has 0 bridgehead atoms. The third kappa shape index (κ3) is 11.1. The van der Waals surface area contributed by atoms with Crippen molar-refractivity contribution in [3.05, 3.63) is 34.3 Å². The highest BCUT2D eigenvalue weighted by atomic mass is 32.1. The van der Waals surface area contributed by atoms with E-state index < -0.39 is 17.5 Å². The number of amides is 3. The van der Waals surface area contributed by atoms with Gasteiger partial charge in [0.25, 0.3) is 0 Å². The van der Waals surface area contributed by atoms with Crippen molar-refractivity contribution >= 4 is 34.6 Å². The van der Waals surface area contributed by atoms with Crippen molar-refractivity contribution < 1.29 is 28.6 Å². The fourth-order valence-corrected chi connectivity index (χ4v) is 5.89. The van der Waals surface area contributed by atoms with Gasteiger partial charge in [0.2, 0.25) is 17.7 Å². The molecule has 0 saturated carbocycles. The van der Waals surface area contributed by atoms with Gasteiger partial charge in [0.15, 0.2) is 0 Å². The Morgan fingerprint density at radius 3 is 2.53 bits per heavy atom. The molecular formula is C31H49N5O6S. The lowest BCUT2D eigenvalue weighted by molar-refractivity contribution is -0.144. The van der Waals surface area contributed by atoms with Crippen LogP contribution < -0.4 is 16.4 Å². The van der Waals surface area contributed by atoms with Crippen LogP contribution in [0.1, 0.15) is 57.0 Å². The highest BCUT2D eigenvalue weighted by molar-refractivity contribution is 7.11. The number of rotatable bonds is 17. The number of aromatic nitrogens is 1. The van der Waals surface area contributed by atoms with Gasteiger partial charge in [-0.2, -0.15) is 0 Å². The number of carbonyl (C=O) groups excluding carboxylic acids is 3. The van der Waals surface area contributed by atoms with Crippen LogP contribution in [-0.2, 0) is 28.6 Å². The summed E-state index contributed by atoms with van der Waals surface area (Å²) in [5, 5.41) is 5.93. The van der Waals surface area contributed by atoms with Crippen LogP contribution >= 0.6 is 11.3 Å². The van der Waals surface area contributed by atoms with Crippen LogP contribution in [0.25, 0.3) is 5.57 Å². The molecule has 1 aromatic heterocycles. The molecule has 3 unspecified atom stereocenters. The molecule has 3 atom stereocenters. The largest absolute Gasteiger partial charge is 0.379 e. The molecule has 0 aromatic carbocycles. The zero-order chi connectivity index (χ0) is 31.2. The Morgan fingerprint density at radius 1 is 1.14 bits per heavy atom. The summed E-state index contributed by atoms with van der Waals surface area (Å²) < 4.78 is 16.2. The zero-order valence-corrected chi connectivity index (χ0v) is 26.9. The minimum Gasteiger partial charge on any atom is -0.379 e. The number of aryl methyl sites for hydroxylation is 1. The number of ether oxygens (including phenoxy) is 3. The van der Waals surface area contributed by atoms with Crippen LogP contribution in [0.4, 0.5) is 0 Å². The molecule has 1 aliphatic heterocycles. The Kier molecular flexibility index (Phi) is 14.3. The highest BCUT2D eigenvalue weighted by Gasteiger charge is 2.41. The van der Waals surface area contributed by atoms with E-state index in [1.165, 1.54) is 10.5 Å². The number of thiazole rings is 1. The standard InChI is InChI=1S/C31H49N5O6S/c1-22-27(43-21-34-22)24-10-8-23(9-11-24)19-33-29(38)25-7-5-13-36(25)30(39)28(31(2,3)4)35-26(37)20-42-15-6-14-40-17-18-41-16-12-32/h8,10-11,21,23,25,28H,5-7,9,12-20,32H2,1-4H3,(H,33,38)(H,35,37). The van der Waals surface area contributed by atoms with E-state index in [0.717, 1.165) is 18.5 Å². The van der Waals surface area contributed by atoms with E-state index in [-0.39, 0.29) is 30.2 Å². The molecule has 1 fully saturated rings. The number of nitrogens with two attached hydrogens (primary N) is 1. The summed E-state index contributed by atoms with van der Waals surface area (Å²) >= 11 is 1.63. The first-order valence-electron chi connectivity index (χ1n) is 15.2. The lowest BCUT2D eigenvalue weighted by Gasteiger charge is -2.35. The lowest BCUT2D eigenvalue weighted by atomic mass is 9.85. The van der Waals surface area contributed by atoms with Crippen molar-refractivity contribution in [1.82, 2.24) is 20.5 Å². The van der Waals surface area contributed by atoms with Gasteiger partial charge in [-0.1, -0.05) is 39.0 Å². The number of allylic oxidation sites excluding steroid dienone is 3. The van der Waals surface area contributed by atoms with Gasteiger partial charge < -0.3 is 35.5 Å². The van der Waals surface area contributed by atoms with Crippen molar-refractivity contribution in [2.45, 2.75) is 65.5 Å². The maximum Gasteiger partial charge on any atom is 0.246 e. The third-order valence-electron chi connectivity index (χ3n) is 7.44. The summed E-state index contributed by atoms with van der Waals surface area (Å²) in [5.41, 5.74) is 8.86. The Hall–Kier alpha value is -2.64. The number of nitrogens with one attached hydrogen (secondary N) is 2. The summed E-state index contributed by atoms with van der Waals surface area (Å²) in [5.74, 6) is -0.568. The van der Waals surface area contributed by atoms with Crippen LogP contribution in [0.2, 0.25) is 0 Å². The van der Waals surface area contributed by atoms with E-state index >= 15 is 0 Å². The van der Waals surface area contributed by atoms with Crippen molar-refractivity contribution in [3.8, 4) is 0 Å². The lowest BCUT2D eigenvalue weighted by Crippen LogP contribution is -2.58.